The van der Waals surface area contributed by atoms with Crippen molar-refractivity contribution in [1.82, 2.24) is 4.90 Å². The number of ether oxygens (including phenoxy) is 1. The van der Waals surface area contributed by atoms with E-state index in [0.29, 0.717) is 19.8 Å². The van der Waals surface area contributed by atoms with Gasteiger partial charge in [-0.25, -0.2) is 4.79 Å². The maximum absolute atomic E-state index is 12.6. The second kappa shape index (κ2) is 9.02. The SMILES string of the molecule is CN(CC1(CO)CCOCC1)C(=O)Nc1cccc(Cc2ccccc2)c1. The third kappa shape index (κ3) is 5.31. The number of aliphatic hydroxyl groups excluding tert-OH is 1. The van der Waals surface area contributed by atoms with Gasteiger partial charge >= 0.3 is 6.03 Å². The van der Waals surface area contributed by atoms with Crippen LogP contribution in [0, 0.1) is 5.41 Å². The summed E-state index contributed by atoms with van der Waals surface area (Å²) >= 11 is 0. The molecule has 0 saturated carbocycles. The molecule has 0 aliphatic carbocycles. The summed E-state index contributed by atoms with van der Waals surface area (Å²) in [5.74, 6) is 0. The Hall–Kier alpha value is -2.37. The predicted octanol–water partition coefficient (Wildman–Crippen LogP) is 3.53. The molecular weight excluding hydrogens is 340 g/mol. The summed E-state index contributed by atoms with van der Waals surface area (Å²) in [5, 5.41) is 12.8. The molecule has 1 aliphatic heterocycles. The Morgan fingerprint density at radius 2 is 1.81 bits per heavy atom. The Morgan fingerprint density at radius 3 is 2.52 bits per heavy atom. The molecule has 144 valence electrons. The molecule has 1 fully saturated rings. The number of amides is 2. The largest absolute Gasteiger partial charge is 0.396 e. The Bertz CT molecular complexity index is 742. The second-order valence-corrected chi connectivity index (χ2v) is 7.42. The zero-order valence-electron chi connectivity index (χ0n) is 15.9. The van der Waals surface area contributed by atoms with E-state index in [0.717, 1.165) is 30.5 Å². The van der Waals surface area contributed by atoms with Gasteiger partial charge in [0.05, 0.1) is 6.61 Å². The molecule has 2 aromatic rings. The standard InChI is InChI=1S/C22H28N2O3/c1-24(16-22(17-25)10-12-27-13-11-22)21(26)23-20-9-5-8-19(15-20)14-18-6-3-2-4-7-18/h2-9,15,25H,10-14,16-17H2,1H3,(H,23,26). The molecule has 0 spiro atoms. The van der Waals surface area contributed by atoms with Crippen LogP contribution in [0.4, 0.5) is 10.5 Å². The maximum Gasteiger partial charge on any atom is 0.321 e. The highest BCUT2D eigenvalue weighted by Crippen LogP contribution is 2.30. The number of urea groups is 1. The highest BCUT2D eigenvalue weighted by atomic mass is 16.5. The lowest BCUT2D eigenvalue weighted by atomic mass is 9.80. The van der Waals surface area contributed by atoms with Crippen molar-refractivity contribution in [2.24, 2.45) is 5.41 Å². The van der Waals surface area contributed by atoms with Gasteiger partial charge in [0, 0.05) is 37.9 Å². The van der Waals surface area contributed by atoms with E-state index in [-0.39, 0.29) is 18.1 Å². The summed E-state index contributed by atoms with van der Waals surface area (Å²) in [6.07, 6.45) is 2.37. The van der Waals surface area contributed by atoms with Crippen LogP contribution in [0.25, 0.3) is 0 Å². The highest BCUT2D eigenvalue weighted by molar-refractivity contribution is 5.89. The van der Waals surface area contributed by atoms with Crippen LogP contribution in [0.3, 0.4) is 0 Å². The smallest absolute Gasteiger partial charge is 0.321 e. The van der Waals surface area contributed by atoms with E-state index < -0.39 is 0 Å². The van der Waals surface area contributed by atoms with Crippen LogP contribution < -0.4 is 5.32 Å². The first-order chi connectivity index (χ1) is 13.1. The first-order valence-electron chi connectivity index (χ1n) is 9.44. The van der Waals surface area contributed by atoms with Gasteiger partial charge in [-0.05, 0) is 42.5 Å². The molecule has 2 amide bonds. The van der Waals surface area contributed by atoms with Crippen molar-refractivity contribution in [1.29, 1.82) is 0 Å². The predicted molar refractivity (Wildman–Crippen MR) is 107 cm³/mol. The maximum atomic E-state index is 12.6. The lowest BCUT2D eigenvalue weighted by molar-refractivity contribution is -0.0255. The van der Waals surface area contributed by atoms with E-state index in [2.05, 4.69) is 23.5 Å². The van der Waals surface area contributed by atoms with Crippen molar-refractivity contribution in [2.75, 3.05) is 38.7 Å². The second-order valence-electron chi connectivity index (χ2n) is 7.42. The van der Waals surface area contributed by atoms with Crippen molar-refractivity contribution in [3.63, 3.8) is 0 Å². The van der Waals surface area contributed by atoms with Gasteiger partial charge in [0.25, 0.3) is 0 Å². The number of hydrogen-bond donors (Lipinski definition) is 2. The molecule has 0 aromatic heterocycles. The van der Waals surface area contributed by atoms with Gasteiger partial charge in [-0.1, -0.05) is 42.5 Å². The molecule has 0 unspecified atom stereocenters. The fourth-order valence-corrected chi connectivity index (χ4v) is 3.56. The summed E-state index contributed by atoms with van der Waals surface area (Å²) in [6.45, 7) is 1.86. The topological polar surface area (TPSA) is 61.8 Å². The number of rotatable bonds is 6. The number of anilines is 1. The Balaban J connectivity index is 1.60. The molecule has 5 heteroatoms. The quantitative estimate of drug-likeness (QED) is 0.820. The fourth-order valence-electron chi connectivity index (χ4n) is 3.56. The molecule has 27 heavy (non-hydrogen) atoms. The van der Waals surface area contributed by atoms with Gasteiger partial charge in [-0.3, -0.25) is 0 Å². The van der Waals surface area contributed by atoms with Crippen molar-refractivity contribution in [3.8, 4) is 0 Å². The number of aliphatic hydroxyl groups is 1. The van der Waals surface area contributed by atoms with E-state index >= 15 is 0 Å². The molecule has 2 N–H and O–H groups in total. The molecule has 0 atom stereocenters. The van der Waals surface area contributed by atoms with Crippen LogP contribution in [-0.2, 0) is 11.2 Å². The number of carbonyl (C=O) groups is 1. The van der Waals surface area contributed by atoms with E-state index in [1.807, 2.05) is 36.4 Å². The summed E-state index contributed by atoms with van der Waals surface area (Å²) in [4.78, 5) is 14.3. The number of benzene rings is 2. The third-order valence-corrected chi connectivity index (χ3v) is 5.24. The minimum atomic E-state index is -0.264. The van der Waals surface area contributed by atoms with Crippen LogP contribution in [0.5, 0.6) is 0 Å². The monoisotopic (exact) mass is 368 g/mol. The Morgan fingerprint density at radius 1 is 1.11 bits per heavy atom. The molecular formula is C22H28N2O3. The normalized spacial score (nSPS) is 15.9. The van der Waals surface area contributed by atoms with Gasteiger partial charge in [0.2, 0.25) is 0 Å². The average Bonchev–Trinajstić information content (AvgIpc) is 2.69. The van der Waals surface area contributed by atoms with Gasteiger partial charge in [0.15, 0.2) is 0 Å². The number of nitrogens with zero attached hydrogens (tertiary/aromatic N) is 1. The molecule has 0 radical (unpaired) electrons. The van der Waals surface area contributed by atoms with E-state index in [1.165, 1.54) is 5.56 Å². The Labute approximate surface area is 161 Å². The van der Waals surface area contributed by atoms with Crippen LogP contribution in [0.2, 0.25) is 0 Å². The lowest BCUT2D eigenvalue weighted by Crippen LogP contribution is -2.45. The van der Waals surface area contributed by atoms with Gasteiger partial charge < -0.3 is 20.1 Å². The Kier molecular flexibility index (Phi) is 6.48. The molecule has 1 aliphatic rings. The van der Waals surface area contributed by atoms with Crippen molar-refractivity contribution in [2.45, 2.75) is 19.3 Å². The van der Waals surface area contributed by atoms with Gasteiger partial charge in [-0.2, -0.15) is 0 Å². The average molecular weight is 368 g/mol. The molecule has 1 saturated heterocycles. The zero-order valence-corrected chi connectivity index (χ0v) is 15.9. The highest BCUT2D eigenvalue weighted by Gasteiger charge is 2.34. The lowest BCUT2D eigenvalue weighted by Gasteiger charge is -2.38. The number of nitrogens with one attached hydrogen (secondary N) is 1. The van der Waals surface area contributed by atoms with Crippen molar-refractivity contribution in [3.05, 3.63) is 65.7 Å². The molecule has 5 nitrogen and oxygen atoms in total. The molecule has 0 bridgehead atoms. The van der Waals surface area contributed by atoms with Crippen molar-refractivity contribution < 1.29 is 14.6 Å². The minimum Gasteiger partial charge on any atom is -0.396 e. The van der Waals surface area contributed by atoms with Crippen LogP contribution >= 0.6 is 0 Å². The number of carbonyl (C=O) groups excluding carboxylic acids is 1. The minimum absolute atomic E-state index is 0.0700. The van der Waals surface area contributed by atoms with Crippen LogP contribution in [-0.4, -0.2) is 49.5 Å². The van der Waals surface area contributed by atoms with Crippen LogP contribution in [0.15, 0.2) is 54.6 Å². The van der Waals surface area contributed by atoms with E-state index in [9.17, 15) is 9.90 Å². The van der Waals surface area contributed by atoms with Gasteiger partial charge in [0.1, 0.15) is 0 Å². The molecule has 1 heterocycles. The third-order valence-electron chi connectivity index (χ3n) is 5.24. The van der Waals surface area contributed by atoms with Gasteiger partial charge in [-0.15, -0.1) is 0 Å². The zero-order chi connectivity index (χ0) is 19.1. The van der Waals surface area contributed by atoms with E-state index in [1.54, 1.807) is 11.9 Å². The first-order valence-corrected chi connectivity index (χ1v) is 9.44. The molecule has 3 rings (SSSR count). The van der Waals surface area contributed by atoms with Crippen LogP contribution in [0.1, 0.15) is 24.0 Å². The molecule has 2 aromatic carbocycles. The van der Waals surface area contributed by atoms with E-state index in [4.69, 9.17) is 4.74 Å². The number of hydrogen-bond acceptors (Lipinski definition) is 3. The van der Waals surface area contributed by atoms with Crippen molar-refractivity contribution >= 4 is 11.7 Å². The summed E-state index contributed by atoms with van der Waals surface area (Å²) in [5.41, 5.74) is 2.91. The first kappa shape index (κ1) is 19.4. The fraction of sp³-hybridized carbons (Fsp3) is 0.409. The summed E-state index contributed by atoms with van der Waals surface area (Å²) < 4.78 is 5.40. The summed E-state index contributed by atoms with van der Waals surface area (Å²) in [6, 6.07) is 18.0. The summed E-state index contributed by atoms with van der Waals surface area (Å²) in [7, 11) is 1.77.